The maximum atomic E-state index is 12.8. The third kappa shape index (κ3) is 3.61. The second-order valence-corrected chi connectivity index (χ2v) is 6.51. The summed E-state index contributed by atoms with van der Waals surface area (Å²) in [7, 11) is 0. The van der Waals surface area contributed by atoms with Gasteiger partial charge in [-0.2, -0.15) is 5.43 Å². The topological polar surface area (TPSA) is 67.9 Å². The summed E-state index contributed by atoms with van der Waals surface area (Å²) in [5.74, 6) is -0.837. The van der Waals surface area contributed by atoms with Gasteiger partial charge in [0.05, 0.1) is 9.90 Å². The number of aryl methyl sites for hydroxylation is 1. The molecule has 2 aromatic carbocycles. The van der Waals surface area contributed by atoms with Gasteiger partial charge >= 0.3 is 5.91 Å². The molecule has 6 nitrogen and oxygen atoms in total. The highest BCUT2D eigenvalue weighted by Gasteiger charge is 2.28. The van der Waals surface area contributed by atoms with Gasteiger partial charge in [-0.1, -0.05) is 35.3 Å². The van der Waals surface area contributed by atoms with Crippen molar-refractivity contribution in [3.05, 3.63) is 81.1 Å². The van der Waals surface area contributed by atoms with Crippen LogP contribution in [0.15, 0.2) is 48.5 Å². The van der Waals surface area contributed by atoms with Gasteiger partial charge in [0.25, 0.3) is 5.91 Å². The highest BCUT2D eigenvalue weighted by Crippen LogP contribution is 2.12. The summed E-state index contributed by atoms with van der Waals surface area (Å²) in [5.41, 5.74) is 4.62. The molecule has 26 heavy (non-hydrogen) atoms. The molecule has 3 aromatic rings. The number of carbonyl (C=O) groups is 2. The van der Waals surface area contributed by atoms with Gasteiger partial charge in [-0.15, -0.1) is 0 Å². The van der Waals surface area contributed by atoms with E-state index in [0.29, 0.717) is 32.6 Å². The van der Waals surface area contributed by atoms with Gasteiger partial charge in [-0.3, -0.25) is 9.59 Å². The van der Waals surface area contributed by atoms with Gasteiger partial charge in [0.2, 0.25) is 11.4 Å². The van der Waals surface area contributed by atoms with Crippen LogP contribution in [-0.4, -0.2) is 21.7 Å². The molecule has 0 radical (unpaired) electrons. The first-order valence-corrected chi connectivity index (χ1v) is 8.48. The molecule has 0 unspecified atom stereocenters. The Morgan fingerprint density at radius 2 is 1.58 bits per heavy atom. The minimum atomic E-state index is -0.421. The standard InChI is InChI=1S/C18H14Cl2N4O2/c1-11-12(2)23(22-17(25)13-5-3-7-15(19)9-13)24(21-11)18(26)14-6-4-8-16(20)10-14/h3-10H,1-2H3/p+1. The molecule has 3 rings (SSSR count). The predicted octanol–water partition coefficient (Wildman–Crippen LogP) is 3.17. The highest BCUT2D eigenvalue weighted by molar-refractivity contribution is 6.31. The van der Waals surface area contributed by atoms with Crippen molar-refractivity contribution in [2.75, 3.05) is 5.43 Å². The molecule has 0 bridgehead atoms. The molecule has 0 saturated carbocycles. The van der Waals surface area contributed by atoms with E-state index in [1.807, 2.05) is 0 Å². The van der Waals surface area contributed by atoms with E-state index in [-0.39, 0.29) is 0 Å². The second-order valence-electron chi connectivity index (χ2n) is 5.64. The number of carbonyl (C=O) groups excluding carboxylic acids is 2. The minimum absolute atomic E-state index is 0.353. The zero-order valence-electron chi connectivity index (χ0n) is 14.0. The quantitative estimate of drug-likeness (QED) is 0.699. The van der Waals surface area contributed by atoms with Crippen LogP contribution >= 0.6 is 23.2 Å². The Bertz CT molecular complexity index is 1010. The lowest BCUT2D eigenvalue weighted by atomic mass is 10.2. The van der Waals surface area contributed by atoms with Crippen LogP contribution in [0.3, 0.4) is 0 Å². The summed E-state index contributed by atoms with van der Waals surface area (Å²) < 4.78 is 0. The van der Waals surface area contributed by atoms with Crippen LogP contribution in [-0.2, 0) is 0 Å². The molecule has 0 atom stereocenters. The summed E-state index contributed by atoms with van der Waals surface area (Å²) in [6.45, 7) is 3.50. The lowest BCUT2D eigenvalue weighted by Crippen LogP contribution is -2.58. The zero-order valence-corrected chi connectivity index (χ0v) is 15.5. The van der Waals surface area contributed by atoms with Crippen molar-refractivity contribution in [1.82, 2.24) is 9.90 Å². The van der Waals surface area contributed by atoms with Crippen molar-refractivity contribution in [2.45, 2.75) is 13.8 Å². The number of nitrogens with zero attached hydrogens (tertiary/aromatic N) is 3. The number of hydrogen-bond acceptors (Lipinski definition) is 3. The Balaban J connectivity index is 1.98. The average molecular weight is 390 g/mol. The Kier molecular flexibility index (Phi) is 5.06. The van der Waals surface area contributed by atoms with Gasteiger partial charge in [0, 0.05) is 35.0 Å². The first-order chi connectivity index (χ1) is 12.4. The van der Waals surface area contributed by atoms with E-state index in [0.717, 1.165) is 4.80 Å². The van der Waals surface area contributed by atoms with E-state index in [1.54, 1.807) is 62.4 Å². The number of nitrogens with one attached hydrogen (secondary N) is 1. The number of benzene rings is 2. The van der Waals surface area contributed by atoms with Crippen molar-refractivity contribution in [1.29, 1.82) is 0 Å². The molecule has 0 aliphatic carbocycles. The number of aromatic nitrogens is 3. The lowest BCUT2D eigenvalue weighted by Gasteiger charge is -2.05. The fourth-order valence-corrected chi connectivity index (χ4v) is 2.73. The molecule has 8 heteroatoms. The van der Waals surface area contributed by atoms with Crippen LogP contribution in [0, 0.1) is 13.8 Å². The summed E-state index contributed by atoms with van der Waals surface area (Å²) >= 11 is 11.9. The molecule has 1 aromatic heterocycles. The molecule has 0 saturated heterocycles. The van der Waals surface area contributed by atoms with Crippen LogP contribution in [0.4, 0.5) is 0 Å². The number of rotatable bonds is 3. The average Bonchev–Trinajstić information content (AvgIpc) is 2.89. The van der Waals surface area contributed by atoms with E-state index in [4.69, 9.17) is 23.2 Å². The van der Waals surface area contributed by atoms with Crippen molar-refractivity contribution >= 4 is 35.0 Å². The monoisotopic (exact) mass is 389 g/mol. The van der Waals surface area contributed by atoms with Crippen LogP contribution < -0.4 is 10.2 Å². The maximum absolute atomic E-state index is 12.8. The first-order valence-electron chi connectivity index (χ1n) is 7.72. The van der Waals surface area contributed by atoms with Gasteiger partial charge in [-0.25, -0.2) is 0 Å². The normalized spacial score (nSPS) is 10.6. The van der Waals surface area contributed by atoms with E-state index in [9.17, 15) is 9.59 Å². The van der Waals surface area contributed by atoms with Gasteiger partial charge in [0.15, 0.2) is 0 Å². The number of hydrogen-bond donors (Lipinski definition) is 1. The molecule has 0 fully saturated rings. The zero-order chi connectivity index (χ0) is 18.8. The minimum Gasteiger partial charge on any atom is -0.266 e. The van der Waals surface area contributed by atoms with E-state index >= 15 is 0 Å². The molecule has 1 heterocycles. The summed E-state index contributed by atoms with van der Waals surface area (Å²) in [6.07, 6.45) is 0. The fraction of sp³-hybridized carbons (Fsp3) is 0.111. The van der Waals surface area contributed by atoms with Crippen molar-refractivity contribution in [3.8, 4) is 0 Å². The summed E-state index contributed by atoms with van der Waals surface area (Å²) in [5, 5.41) is 5.11. The Hall–Kier alpha value is -2.70. The Morgan fingerprint density at radius 1 is 1.00 bits per heavy atom. The maximum Gasteiger partial charge on any atom is 0.339 e. The molecule has 0 aliphatic heterocycles. The van der Waals surface area contributed by atoms with E-state index < -0.39 is 11.8 Å². The molecular formula is C18H15Cl2N4O2+. The predicted molar refractivity (Wildman–Crippen MR) is 98.2 cm³/mol. The van der Waals surface area contributed by atoms with E-state index in [2.05, 4.69) is 10.5 Å². The molecule has 0 aliphatic rings. The Morgan fingerprint density at radius 3 is 2.19 bits per heavy atom. The summed E-state index contributed by atoms with van der Waals surface area (Å²) in [6, 6.07) is 13.0. The fourth-order valence-electron chi connectivity index (χ4n) is 2.35. The first kappa shape index (κ1) is 18.1. The van der Waals surface area contributed by atoms with Crippen molar-refractivity contribution in [3.63, 3.8) is 0 Å². The van der Waals surface area contributed by atoms with E-state index in [1.165, 1.54) is 4.79 Å². The summed E-state index contributed by atoms with van der Waals surface area (Å²) in [4.78, 5) is 27.7. The highest BCUT2D eigenvalue weighted by atomic mass is 35.5. The SMILES string of the molecule is Cc1nn(C(=O)c2cccc(Cl)c2)[n+](NC(=O)c2cccc(Cl)c2)c1C. The number of halogens is 2. The van der Waals surface area contributed by atoms with Crippen LogP contribution in [0.25, 0.3) is 0 Å². The Labute approximate surface area is 159 Å². The third-order valence-corrected chi connectivity index (χ3v) is 4.29. The molecule has 1 amide bonds. The van der Waals surface area contributed by atoms with Gasteiger partial charge in [-0.05, 0) is 41.2 Å². The second kappa shape index (κ2) is 7.27. The molecule has 0 spiro atoms. The molecule has 132 valence electrons. The number of amides is 1. The molecular weight excluding hydrogens is 375 g/mol. The van der Waals surface area contributed by atoms with Gasteiger partial charge < -0.3 is 0 Å². The van der Waals surface area contributed by atoms with Crippen molar-refractivity contribution < 1.29 is 14.4 Å². The largest absolute Gasteiger partial charge is 0.339 e. The smallest absolute Gasteiger partial charge is 0.266 e. The van der Waals surface area contributed by atoms with Crippen LogP contribution in [0.1, 0.15) is 32.1 Å². The lowest BCUT2D eigenvalue weighted by molar-refractivity contribution is -0.723. The van der Waals surface area contributed by atoms with Crippen LogP contribution in [0.2, 0.25) is 10.0 Å². The van der Waals surface area contributed by atoms with Crippen LogP contribution in [0.5, 0.6) is 0 Å². The molecule has 1 N–H and O–H groups in total. The van der Waals surface area contributed by atoms with Crippen molar-refractivity contribution in [2.24, 2.45) is 0 Å². The third-order valence-electron chi connectivity index (χ3n) is 3.82. The van der Waals surface area contributed by atoms with Gasteiger partial charge in [0.1, 0.15) is 0 Å².